The van der Waals surface area contributed by atoms with E-state index in [0.717, 1.165) is 26.6 Å². The van der Waals surface area contributed by atoms with Gasteiger partial charge in [-0.2, -0.15) is 0 Å². The predicted molar refractivity (Wildman–Crippen MR) is 112 cm³/mol. The van der Waals surface area contributed by atoms with E-state index in [9.17, 15) is 4.79 Å². The van der Waals surface area contributed by atoms with E-state index < -0.39 is 0 Å². The maximum absolute atomic E-state index is 13.0. The second kappa shape index (κ2) is 6.65. The van der Waals surface area contributed by atoms with E-state index in [1.165, 1.54) is 16.9 Å². The van der Waals surface area contributed by atoms with Gasteiger partial charge in [-0.1, -0.05) is 27.3 Å². The highest BCUT2D eigenvalue weighted by molar-refractivity contribution is 9.10. The predicted octanol–water partition coefficient (Wildman–Crippen LogP) is 3.85. The van der Waals surface area contributed by atoms with Crippen LogP contribution in [0, 0.1) is 13.8 Å². The van der Waals surface area contributed by atoms with Gasteiger partial charge >= 0.3 is 0 Å². The van der Waals surface area contributed by atoms with E-state index in [2.05, 4.69) is 20.9 Å². The molecule has 2 aromatic heterocycles. The Morgan fingerprint density at radius 3 is 2.44 bits per heavy atom. The van der Waals surface area contributed by atoms with Crippen LogP contribution in [0.3, 0.4) is 0 Å². The highest BCUT2D eigenvalue weighted by Crippen LogP contribution is 2.33. The van der Waals surface area contributed by atoms with Gasteiger partial charge in [-0.05, 0) is 60.9 Å². The molecule has 0 saturated carbocycles. The number of benzene rings is 2. The number of aryl methyl sites for hydroxylation is 2. The standard InChI is InChI=1S/C20H17BrN2O3S/c1-10-5-14-15(6-11(10)2)23-19(24)18(27-20(23)22-14)8-12-7-16(25-3)17(26-4)9-13(12)21/h5-9H,1-4H3/b18-8-. The number of hydrogen-bond acceptors (Lipinski definition) is 5. The summed E-state index contributed by atoms with van der Waals surface area (Å²) in [7, 11) is 3.18. The van der Waals surface area contributed by atoms with E-state index in [0.29, 0.717) is 21.0 Å². The molecule has 27 heavy (non-hydrogen) atoms. The van der Waals surface area contributed by atoms with Gasteiger partial charge in [-0.15, -0.1) is 0 Å². The quantitative estimate of drug-likeness (QED) is 0.481. The summed E-state index contributed by atoms with van der Waals surface area (Å²) in [5, 5.41) is 0. The molecular formula is C20H17BrN2O3S. The Balaban J connectivity index is 1.96. The van der Waals surface area contributed by atoms with Crippen LogP contribution in [0.25, 0.3) is 22.1 Å². The third-order valence-corrected chi connectivity index (χ3v) is 6.30. The van der Waals surface area contributed by atoms with Crippen LogP contribution < -0.4 is 19.6 Å². The third-order valence-electron chi connectivity index (χ3n) is 4.64. The van der Waals surface area contributed by atoms with Crippen LogP contribution >= 0.6 is 27.3 Å². The van der Waals surface area contributed by atoms with Crippen molar-refractivity contribution in [2.75, 3.05) is 14.2 Å². The molecule has 0 radical (unpaired) electrons. The molecule has 2 aromatic carbocycles. The zero-order valence-electron chi connectivity index (χ0n) is 15.3. The fraction of sp³-hybridized carbons (Fsp3) is 0.200. The van der Waals surface area contributed by atoms with Crippen LogP contribution in [0.1, 0.15) is 16.7 Å². The minimum absolute atomic E-state index is 0.0672. The van der Waals surface area contributed by atoms with Gasteiger partial charge in [-0.25, -0.2) is 9.38 Å². The molecule has 0 unspecified atom stereocenters. The molecule has 4 rings (SSSR count). The lowest BCUT2D eigenvalue weighted by Crippen LogP contribution is -2.22. The topological polar surface area (TPSA) is 52.8 Å². The first kappa shape index (κ1) is 18.0. The van der Waals surface area contributed by atoms with Crippen molar-refractivity contribution < 1.29 is 9.47 Å². The first-order valence-corrected chi connectivity index (χ1v) is 9.89. The second-order valence-electron chi connectivity index (χ2n) is 6.30. The van der Waals surface area contributed by atoms with Crippen molar-refractivity contribution >= 4 is 49.3 Å². The number of thiazole rings is 1. The molecule has 2 heterocycles. The van der Waals surface area contributed by atoms with Gasteiger partial charge in [-0.3, -0.25) is 4.79 Å². The van der Waals surface area contributed by atoms with Crippen LogP contribution in [-0.2, 0) is 0 Å². The first-order chi connectivity index (χ1) is 12.9. The normalized spacial score (nSPS) is 12.3. The fourth-order valence-corrected chi connectivity index (χ4v) is 4.45. The SMILES string of the molecule is COc1cc(Br)c(/C=c2\sc3nc4cc(C)c(C)cc4n3c2=O)cc1OC. The molecule has 138 valence electrons. The molecule has 0 aliphatic heterocycles. The summed E-state index contributed by atoms with van der Waals surface area (Å²) < 4.78 is 13.8. The highest BCUT2D eigenvalue weighted by atomic mass is 79.9. The van der Waals surface area contributed by atoms with Crippen molar-refractivity contribution in [2.45, 2.75) is 13.8 Å². The first-order valence-electron chi connectivity index (χ1n) is 8.28. The number of methoxy groups -OCH3 is 2. The van der Waals surface area contributed by atoms with Crippen molar-refractivity contribution in [3.63, 3.8) is 0 Å². The molecule has 0 spiro atoms. The van der Waals surface area contributed by atoms with Gasteiger partial charge in [0.15, 0.2) is 16.5 Å². The van der Waals surface area contributed by atoms with Crippen LogP contribution in [0.15, 0.2) is 33.5 Å². The lowest BCUT2D eigenvalue weighted by molar-refractivity contribution is 0.354. The van der Waals surface area contributed by atoms with Crippen LogP contribution in [0.4, 0.5) is 0 Å². The zero-order chi connectivity index (χ0) is 19.3. The lowest BCUT2D eigenvalue weighted by Gasteiger charge is -2.09. The molecule has 0 fully saturated rings. The fourth-order valence-electron chi connectivity index (χ4n) is 3.04. The molecule has 0 atom stereocenters. The number of ether oxygens (including phenoxy) is 2. The second-order valence-corrected chi connectivity index (χ2v) is 8.16. The van der Waals surface area contributed by atoms with Gasteiger partial charge in [0.1, 0.15) is 0 Å². The Hall–Kier alpha value is -2.38. The van der Waals surface area contributed by atoms with E-state index in [4.69, 9.17) is 9.47 Å². The molecule has 0 bridgehead atoms. The number of fused-ring (bicyclic) bond motifs is 3. The molecular weight excluding hydrogens is 428 g/mol. The molecule has 4 aromatic rings. The van der Waals surface area contributed by atoms with E-state index in [-0.39, 0.29) is 5.56 Å². The van der Waals surface area contributed by atoms with Gasteiger partial charge in [0, 0.05) is 4.47 Å². The number of nitrogens with zero attached hydrogens (tertiary/aromatic N) is 2. The summed E-state index contributed by atoms with van der Waals surface area (Å²) in [5.41, 5.74) is 4.78. The summed E-state index contributed by atoms with van der Waals surface area (Å²) in [6.45, 7) is 4.09. The number of hydrogen-bond donors (Lipinski definition) is 0. The van der Waals surface area contributed by atoms with Gasteiger partial charge in [0.25, 0.3) is 5.56 Å². The van der Waals surface area contributed by atoms with Crippen LogP contribution in [0.2, 0.25) is 0 Å². The Morgan fingerprint density at radius 2 is 1.74 bits per heavy atom. The average molecular weight is 445 g/mol. The van der Waals surface area contributed by atoms with E-state index >= 15 is 0 Å². The average Bonchev–Trinajstić information content (AvgIpc) is 3.13. The number of aromatic nitrogens is 2. The molecule has 0 aliphatic carbocycles. The van der Waals surface area contributed by atoms with Crippen molar-refractivity contribution in [1.82, 2.24) is 9.38 Å². The summed E-state index contributed by atoms with van der Waals surface area (Å²) in [4.78, 5) is 18.3. The molecule has 0 aliphatic rings. The third kappa shape index (κ3) is 2.91. The molecule has 0 amide bonds. The Kier molecular flexibility index (Phi) is 4.44. The minimum atomic E-state index is -0.0672. The summed E-state index contributed by atoms with van der Waals surface area (Å²) >= 11 is 4.92. The lowest BCUT2D eigenvalue weighted by atomic mass is 10.1. The molecule has 5 nitrogen and oxygen atoms in total. The number of imidazole rings is 1. The highest BCUT2D eigenvalue weighted by Gasteiger charge is 2.13. The van der Waals surface area contributed by atoms with Gasteiger partial charge in [0.05, 0.1) is 29.8 Å². The molecule has 0 N–H and O–H groups in total. The van der Waals surface area contributed by atoms with Gasteiger partial charge in [0.2, 0.25) is 0 Å². The minimum Gasteiger partial charge on any atom is -0.493 e. The summed E-state index contributed by atoms with van der Waals surface area (Å²) in [5.74, 6) is 1.24. The van der Waals surface area contributed by atoms with Crippen molar-refractivity contribution in [3.05, 3.63) is 60.3 Å². The molecule has 0 saturated heterocycles. The number of rotatable bonds is 3. The van der Waals surface area contributed by atoms with Crippen molar-refractivity contribution in [1.29, 1.82) is 0 Å². The molecule has 7 heteroatoms. The Bertz CT molecular complexity index is 1310. The van der Waals surface area contributed by atoms with Crippen molar-refractivity contribution in [3.8, 4) is 11.5 Å². The van der Waals surface area contributed by atoms with Crippen molar-refractivity contribution in [2.24, 2.45) is 0 Å². The Labute approximate surface area is 168 Å². The van der Waals surface area contributed by atoms with E-state index in [1.54, 1.807) is 18.6 Å². The summed E-state index contributed by atoms with van der Waals surface area (Å²) in [6.07, 6.45) is 1.85. The van der Waals surface area contributed by atoms with Gasteiger partial charge < -0.3 is 9.47 Å². The number of halogens is 1. The summed E-state index contributed by atoms with van der Waals surface area (Å²) in [6, 6.07) is 7.72. The zero-order valence-corrected chi connectivity index (χ0v) is 17.7. The maximum Gasteiger partial charge on any atom is 0.274 e. The van der Waals surface area contributed by atoms with Crippen LogP contribution in [-0.4, -0.2) is 23.6 Å². The smallest absolute Gasteiger partial charge is 0.274 e. The monoisotopic (exact) mass is 444 g/mol. The maximum atomic E-state index is 13.0. The largest absolute Gasteiger partial charge is 0.493 e. The van der Waals surface area contributed by atoms with Crippen LogP contribution in [0.5, 0.6) is 11.5 Å². The Morgan fingerprint density at radius 1 is 1.07 bits per heavy atom. The van der Waals surface area contributed by atoms with E-state index in [1.807, 2.05) is 44.2 Å².